The highest BCUT2D eigenvalue weighted by atomic mass is 32.2. The molecule has 0 unspecified atom stereocenters. The van der Waals surface area contributed by atoms with E-state index in [9.17, 15) is 13.2 Å². The van der Waals surface area contributed by atoms with Gasteiger partial charge >= 0.3 is 0 Å². The summed E-state index contributed by atoms with van der Waals surface area (Å²) in [6.45, 7) is 4.22. The third-order valence-electron chi connectivity index (χ3n) is 3.86. The van der Waals surface area contributed by atoms with Gasteiger partial charge in [-0.05, 0) is 55.0 Å². The molecule has 0 heterocycles. The molecular formula is C20H26N2O4S. The van der Waals surface area contributed by atoms with Crippen molar-refractivity contribution < 1.29 is 17.9 Å². The Labute approximate surface area is 161 Å². The SMILES string of the molecule is CCCCCCOc1ccc(NS(=O)(=O)c2ccc(NC(C)=O)cc2)cc1. The standard InChI is InChI=1S/C20H26N2O4S/c1-3-4-5-6-15-26-19-11-7-18(8-12-19)22-27(24,25)20-13-9-17(10-14-20)21-16(2)23/h7-14,22H,3-6,15H2,1-2H3,(H,21,23). The molecule has 7 heteroatoms. The van der Waals surface area contributed by atoms with Gasteiger partial charge in [-0.15, -0.1) is 0 Å². The summed E-state index contributed by atoms with van der Waals surface area (Å²) in [6.07, 6.45) is 4.55. The van der Waals surface area contributed by atoms with Crippen LogP contribution in [0.4, 0.5) is 11.4 Å². The highest BCUT2D eigenvalue weighted by Gasteiger charge is 2.14. The van der Waals surface area contributed by atoms with E-state index in [1.54, 1.807) is 36.4 Å². The van der Waals surface area contributed by atoms with E-state index in [1.807, 2.05) is 0 Å². The zero-order valence-corrected chi connectivity index (χ0v) is 16.5. The molecule has 2 aromatic carbocycles. The van der Waals surface area contributed by atoms with Crippen molar-refractivity contribution in [1.29, 1.82) is 0 Å². The molecule has 1 amide bonds. The van der Waals surface area contributed by atoms with Crippen LogP contribution < -0.4 is 14.8 Å². The highest BCUT2D eigenvalue weighted by molar-refractivity contribution is 7.92. The van der Waals surface area contributed by atoms with Crippen LogP contribution in [0, 0.1) is 0 Å². The van der Waals surface area contributed by atoms with Crippen molar-refractivity contribution in [3.05, 3.63) is 48.5 Å². The largest absolute Gasteiger partial charge is 0.494 e. The summed E-state index contributed by atoms with van der Waals surface area (Å²) in [5, 5.41) is 2.60. The number of anilines is 2. The number of carbonyl (C=O) groups is 1. The molecule has 0 atom stereocenters. The number of sulfonamides is 1. The molecule has 0 saturated heterocycles. The van der Waals surface area contributed by atoms with E-state index in [1.165, 1.54) is 31.9 Å². The second-order valence-corrected chi connectivity index (χ2v) is 7.93. The summed E-state index contributed by atoms with van der Waals surface area (Å²) in [5.41, 5.74) is 1.00. The molecule has 27 heavy (non-hydrogen) atoms. The van der Waals surface area contributed by atoms with Crippen LogP contribution >= 0.6 is 0 Å². The Kier molecular flexibility index (Phi) is 7.67. The van der Waals surface area contributed by atoms with Gasteiger partial charge in [0.15, 0.2) is 0 Å². The van der Waals surface area contributed by atoms with Gasteiger partial charge in [0.25, 0.3) is 10.0 Å². The predicted molar refractivity (Wildman–Crippen MR) is 108 cm³/mol. The van der Waals surface area contributed by atoms with E-state index in [4.69, 9.17) is 4.74 Å². The molecule has 0 aliphatic rings. The monoisotopic (exact) mass is 390 g/mol. The van der Waals surface area contributed by atoms with E-state index >= 15 is 0 Å². The number of benzene rings is 2. The first-order valence-electron chi connectivity index (χ1n) is 9.04. The zero-order valence-electron chi connectivity index (χ0n) is 15.7. The molecule has 0 aliphatic heterocycles. The van der Waals surface area contributed by atoms with Crippen molar-refractivity contribution in [3.63, 3.8) is 0 Å². The average Bonchev–Trinajstić information content (AvgIpc) is 2.62. The summed E-state index contributed by atoms with van der Waals surface area (Å²) in [4.78, 5) is 11.1. The van der Waals surface area contributed by atoms with E-state index in [2.05, 4.69) is 17.0 Å². The molecule has 0 spiro atoms. The molecule has 0 fully saturated rings. The number of rotatable bonds is 10. The minimum Gasteiger partial charge on any atom is -0.494 e. The van der Waals surface area contributed by atoms with Gasteiger partial charge in [0.2, 0.25) is 5.91 Å². The molecule has 0 bridgehead atoms. The van der Waals surface area contributed by atoms with Crippen LogP contribution in [0.15, 0.2) is 53.4 Å². The maximum absolute atomic E-state index is 12.5. The fraction of sp³-hybridized carbons (Fsp3) is 0.350. The summed E-state index contributed by atoms with van der Waals surface area (Å²) >= 11 is 0. The Hall–Kier alpha value is -2.54. The number of hydrogen-bond acceptors (Lipinski definition) is 4. The van der Waals surface area contributed by atoms with Crippen LogP contribution in [0.5, 0.6) is 5.75 Å². The summed E-state index contributed by atoms with van der Waals surface area (Å²) in [6, 6.07) is 12.8. The predicted octanol–water partition coefficient (Wildman–Crippen LogP) is 4.40. The number of nitrogens with one attached hydrogen (secondary N) is 2. The Morgan fingerprint density at radius 2 is 1.56 bits per heavy atom. The Bertz CT molecular complexity index is 831. The molecule has 0 radical (unpaired) electrons. The van der Waals surface area contributed by atoms with Gasteiger partial charge in [-0.3, -0.25) is 9.52 Å². The summed E-state index contributed by atoms with van der Waals surface area (Å²) in [7, 11) is -3.70. The fourth-order valence-corrected chi connectivity index (χ4v) is 3.53. The van der Waals surface area contributed by atoms with Crippen molar-refractivity contribution in [2.45, 2.75) is 44.4 Å². The van der Waals surface area contributed by atoms with Crippen LogP contribution in [0.2, 0.25) is 0 Å². The molecule has 0 aromatic heterocycles. The van der Waals surface area contributed by atoms with E-state index in [-0.39, 0.29) is 10.8 Å². The minimum atomic E-state index is -3.70. The lowest BCUT2D eigenvalue weighted by Gasteiger charge is -2.10. The van der Waals surface area contributed by atoms with Gasteiger partial charge in [0.05, 0.1) is 11.5 Å². The number of ether oxygens (including phenoxy) is 1. The van der Waals surface area contributed by atoms with Crippen LogP contribution in [0.3, 0.4) is 0 Å². The first-order valence-corrected chi connectivity index (χ1v) is 10.5. The van der Waals surface area contributed by atoms with Crippen LogP contribution in [-0.4, -0.2) is 20.9 Å². The molecule has 146 valence electrons. The molecule has 0 aliphatic carbocycles. The molecule has 2 aromatic rings. The normalized spacial score (nSPS) is 11.0. The topological polar surface area (TPSA) is 84.5 Å². The Balaban J connectivity index is 1.93. The smallest absolute Gasteiger partial charge is 0.261 e. The van der Waals surface area contributed by atoms with Gasteiger partial charge in [0.1, 0.15) is 5.75 Å². The number of unbranched alkanes of at least 4 members (excludes halogenated alkanes) is 3. The lowest BCUT2D eigenvalue weighted by atomic mass is 10.2. The summed E-state index contributed by atoms with van der Waals surface area (Å²) < 4.78 is 33.1. The van der Waals surface area contributed by atoms with Gasteiger partial charge in [-0.25, -0.2) is 8.42 Å². The van der Waals surface area contributed by atoms with Gasteiger partial charge < -0.3 is 10.1 Å². The lowest BCUT2D eigenvalue weighted by molar-refractivity contribution is -0.114. The van der Waals surface area contributed by atoms with E-state index in [0.29, 0.717) is 23.7 Å². The highest BCUT2D eigenvalue weighted by Crippen LogP contribution is 2.21. The number of carbonyl (C=O) groups excluding carboxylic acids is 1. The molecule has 2 N–H and O–H groups in total. The molecular weight excluding hydrogens is 364 g/mol. The van der Waals surface area contributed by atoms with Crippen molar-refractivity contribution in [3.8, 4) is 5.75 Å². The first kappa shape index (κ1) is 20.8. The number of amides is 1. The molecule has 0 saturated carbocycles. The molecule has 6 nitrogen and oxygen atoms in total. The van der Waals surface area contributed by atoms with Gasteiger partial charge in [0, 0.05) is 18.3 Å². The second kappa shape index (κ2) is 9.97. The minimum absolute atomic E-state index is 0.118. The third-order valence-corrected chi connectivity index (χ3v) is 5.26. The quantitative estimate of drug-likeness (QED) is 0.589. The van der Waals surface area contributed by atoms with E-state index < -0.39 is 10.0 Å². The molecule has 2 rings (SSSR count). The Morgan fingerprint density at radius 1 is 0.926 bits per heavy atom. The van der Waals surface area contributed by atoms with Crippen molar-refractivity contribution >= 4 is 27.3 Å². The maximum atomic E-state index is 12.5. The van der Waals surface area contributed by atoms with Crippen LogP contribution in [-0.2, 0) is 14.8 Å². The zero-order chi connectivity index (χ0) is 19.7. The average molecular weight is 391 g/mol. The van der Waals surface area contributed by atoms with Crippen molar-refractivity contribution in [1.82, 2.24) is 0 Å². The van der Waals surface area contributed by atoms with Crippen molar-refractivity contribution in [2.24, 2.45) is 0 Å². The van der Waals surface area contributed by atoms with Gasteiger partial charge in [-0.2, -0.15) is 0 Å². The van der Waals surface area contributed by atoms with Gasteiger partial charge in [-0.1, -0.05) is 26.2 Å². The van der Waals surface area contributed by atoms with Crippen LogP contribution in [0.1, 0.15) is 39.5 Å². The van der Waals surface area contributed by atoms with E-state index in [0.717, 1.165) is 12.8 Å². The number of hydrogen-bond donors (Lipinski definition) is 2. The van der Waals surface area contributed by atoms with Crippen LogP contribution in [0.25, 0.3) is 0 Å². The summed E-state index contributed by atoms with van der Waals surface area (Å²) in [5.74, 6) is 0.505. The Morgan fingerprint density at radius 3 is 2.15 bits per heavy atom. The third kappa shape index (κ3) is 6.94. The first-order chi connectivity index (χ1) is 12.9. The van der Waals surface area contributed by atoms with Crippen molar-refractivity contribution in [2.75, 3.05) is 16.6 Å². The lowest BCUT2D eigenvalue weighted by Crippen LogP contribution is -2.13. The fourth-order valence-electron chi connectivity index (χ4n) is 2.47. The maximum Gasteiger partial charge on any atom is 0.261 e. The second-order valence-electron chi connectivity index (χ2n) is 6.24.